The lowest BCUT2D eigenvalue weighted by atomic mass is 9.93. The second kappa shape index (κ2) is 9.05. The maximum atomic E-state index is 13.8. The normalized spacial score (nSPS) is 20.5. The van der Waals surface area contributed by atoms with Crippen molar-refractivity contribution in [2.75, 3.05) is 18.6 Å². The van der Waals surface area contributed by atoms with E-state index in [2.05, 4.69) is 10.4 Å². The van der Waals surface area contributed by atoms with E-state index < -0.39 is 17.4 Å². The van der Waals surface area contributed by atoms with E-state index in [4.69, 9.17) is 21.1 Å². The summed E-state index contributed by atoms with van der Waals surface area (Å²) in [6, 6.07) is 6.34. The SMILES string of the molecule is CCOC(=O)c1cc2n(n1)C[C@@](C)(C(=O)NC1CCCC1)N(c1cc(Cl)ccc1OC)C2=O. The van der Waals surface area contributed by atoms with Gasteiger partial charge in [-0.15, -0.1) is 0 Å². The third kappa shape index (κ3) is 4.17. The lowest BCUT2D eigenvalue weighted by molar-refractivity contribution is -0.127. The standard InChI is InChI=1S/C23H27ClN4O5/c1-4-33-21(30)16-12-18-20(29)28(17-11-14(24)9-10-19(17)32-3)23(2,13-27(18)26-16)22(31)25-15-7-5-6-8-15/h9-12,15H,4-8,13H2,1-3H3,(H,25,31)/t23-/m0/s1. The van der Waals surface area contributed by atoms with Crippen LogP contribution in [0.3, 0.4) is 0 Å². The number of rotatable bonds is 6. The molecule has 0 saturated heterocycles. The molecule has 0 radical (unpaired) electrons. The molecule has 10 heteroatoms. The number of benzene rings is 1. The fraction of sp³-hybridized carbons (Fsp3) is 0.478. The topological polar surface area (TPSA) is 103 Å². The fourth-order valence-corrected chi connectivity index (χ4v) is 4.68. The van der Waals surface area contributed by atoms with Crippen LogP contribution in [-0.4, -0.2) is 52.9 Å². The van der Waals surface area contributed by atoms with E-state index in [1.807, 2.05) is 0 Å². The molecule has 0 bridgehead atoms. The smallest absolute Gasteiger partial charge is 0.358 e. The monoisotopic (exact) mass is 474 g/mol. The number of aromatic nitrogens is 2. The van der Waals surface area contributed by atoms with Crippen molar-refractivity contribution in [2.24, 2.45) is 0 Å². The van der Waals surface area contributed by atoms with Crippen LogP contribution in [0.5, 0.6) is 5.75 Å². The molecule has 2 heterocycles. The van der Waals surface area contributed by atoms with E-state index >= 15 is 0 Å². The summed E-state index contributed by atoms with van der Waals surface area (Å²) in [7, 11) is 1.49. The van der Waals surface area contributed by atoms with Crippen LogP contribution in [0.15, 0.2) is 24.3 Å². The largest absolute Gasteiger partial charge is 0.495 e. The first-order chi connectivity index (χ1) is 15.8. The van der Waals surface area contributed by atoms with Crippen LogP contribution in [0.25, 0.3) is 0 Å². The Balaban J connectivity index is 1.82. The lowest BCUT2D eigenvalue weighted by Gasteiger charge is -2.43. The molecule has 1 aromatic carbocycles. The van der Waals surface area contributed by atoms with Gasteiger partial charge in [-0.1, -0.05) is 24.4 Å². The molecule has 2 aliphatic rings. The maximum absolute atomic E-state index is 13.8. The highest BCUT2D eigenvalue weighted by molar-refractivity contribution is 6.31. The number of methoxy groups -OCH3 is 1. The molecule has 1 fully saturated rings. The predicted molar refractivity (Wildman–Crippen MR) is 122 cm³/mol. The molecule has 4 rings (SSSR count). The number of halogens is 1. The fourth-order valence-electron chi connectivity index (χ4n) is 4.51. The summed E-state index contributed by atoms with van der Waals surface area (Å²) in [5.74, 6) is -1.03. The molecular formula is C23H27ClN4O5. The van der Waals surface area contributed by atoms with Gasteiger partial charge in [-0.2, -0.15) is 5.10 Å². The number of ether oxygens (including phenoxy) is 2. The Morgan fingerprint density at radius 2 is 2.00 bits per heavy atom. The number of hydrogen-bond acceptors (Lipinski definition) is 6. The quantitative estimate of drug-likeness (QED) is 0.645. The Hall–Kier alpha value is -3.07. The van der Waals surface area contributed by atoms with Crippen LogP contribution in [0.1, 0.15) is 60.5 Å². The number of fused-ring (bicyclic) bond motifs is 1. The summed E-state index contributed by atoms with van der Waals surface area (Å²) in [5.41, 5.74) is -0.795. The minimum atomic E-state index is -1.34. The third-order valence-corrected chi connectivity index (χ3v) is 6.43. The van der Waals surface area contributed by atoms with Crippen molar-refractivity contribution < 1.29 is 23.9 Å². The molecule has 2 amide bonds. The first kappa shape index (κ1) is 23.1. The Labute approximate surface area is 197 Å². The Morgan fingerprint density at radius 3 is 2.67 bits per heavy atom. The molecule has 1 aliphatic carbocycles. The zero-order valence-electron chi connectivity index (χ0n) is 18.9. The average Bonchev–Trinajstić information content (AvgIpc) is 3.44. The number of carbonyl (C=O) groups excluding carboxylic acids is 3. The van der Waals surface area contributed by atoms with E-state index in [0.717, 1.165) is 25.7 Å². The van der Waals surface area contributed by atoms with Gasteiger partial charge in [0.05, 0.1) is 25.9 Å². The minimum Gasteiger partial charge on any atom is -0.495 e. The lowest BCUT2D eigenvalue weighted by Crippen LogP contribution is -2.65. The summed E-state index contributed by atoms with van der Waals surface area (Å²) in [6.45, 7) is 3.60. The van der Waals surface area contributed by atoms with Crippen molar-refractivity contribution >= 4 is 35.1 Å². The molecule has 1 aromatic heterocycles. The molecule has 176 valence electrons. The van der Waals surface area contributed by atoms with E-state index in [9.17, 15) is 14.4 Å². The molecule has 1 saturated carbocycles. The predicted octanol–water partition coefficient (Wildman–Crippen LogP) is 3.20. The molecule has 2 aromatic rings. The molecular weight excluding hydrogens is 448 g/mol. The van der Waals surface area contributed by atoms with Gasteiger partial charge in [0, 0.05) is 17.1 Å². The van der Waals surface area contributed by atoms with E-state index in [1.54, 1.807) is 32.0 Å². The molecule has 0 spiro atoms. The molecule has 1 atom stereocenters. The Kier molecular flexibility index (Phi) is 6.34. The maximum Gasteiger partial charge on any atom is 0.358 e. The van der Waals surface area contributed by atoms with Gasteiger partial charge >= 0.3 is 5.97 Å². The summed E-state index contributed by atoms with van der Waals surface area (Å²) in [5, 5.41) is 7.77. The van der Waals surface area contributed by atoms with E-state index in [1.165, 1.54) is 22.8 Å². The second-order valence-corrected chi connectivity index (χ2v) is 8.91. The summed E-state index contributed by atoms with van der Waals surface area (Å²) in [4.78, 5) is 41.1. The van der Waals surface area contributed by atoms with Gasteiger partial charge in [0.2, 0.25) is 5.91 Å². The number of nitrogens with zero attached hydrogens (tertiary/aromatic N) is 3. The first-order valence-corrected chi connectivity index (χ1v) is 11.4. The molecule has 1 aliphatic heterocycles. The number of anilines is 1. The molecule has 0 unspecified atom stereocenters. The number of amides is 2. The van der Waals surface area contributed by atoms with Crippen LogP contribution < -0.4 is 15.0 Å². The van der Waals surface area contributed by atoms with Crippen molar-refractivity contribution in [3.8, 4) is 5.75 Å². The minimum absolute atomic E-state index is 0.0126. The van der Waals surface area contributed by atoms with E-state index in [-0.39, 0.29) is 36.5 Å². The van der Waals surface area contributed by atoms with Crippen LogP contribution in [0.2, 0.25) is 5.02 Å². The van der Waals surface area contributed by atoms with Crippen molar-refractivity contribution in [3.63, 3.8) is 0 Å². The summed E-state index contributed by atoms with van der Waals surface area (Å²) < 4.78 is 11.9. The van der Waals surface area contributed by atoms with Gasteiger partial charge in [0.25, 0.3) is 5.91 Å². The van der Waals surface area contributed by atoms with Gasteiger partial charge in [0.15, 0.2) is 5.69 Å². The number of carbonyl (C=O) groups is 3. The number of hydrogen-bond donors (Lipinski definition) is 1. The van der Waals surface area contributed by atoms with Gasteiger partial charge in [-0.25, -0.2) is 4.79 Å². The average molecular weight is 475 g/mol. The Bertz CT molecular complexity index is 1090. The highest BCUT2D eigenvalue weighted by atomic mass is 35.5. The zero-order chi connectivity index (χ0) is 23.8. The second-order valence-electron chi connectivity index (χ2n) is 8.48. The first-order valence-electron chi connectivity index (χ1n) is 11.0. The van der Waals surface area contributed by atoms with Gasteiger partial charge in [-0.05, 0) is 44.9 Å². The highest BCUT2D eigenvalue weighted by Gasteiger charge is 2.50. The summed E-state index contributed by atoms with van der Waals surface area (Å²) in [6.07, 6.45) is 3.91. The Morgan fingerprint density at radius 1 is 1.27 bits per heavy atom. The van der Waals surface area contributed by atoms with Crippen molar-refractivity contribution in [1.82, 2.24) is 15.1 Å². The van der Waals surface area contributed by atoms with Crippen LogP contribution in [0, 0.1) is 0 Å². The van der Waals surface area contributed by atoms with Crippen LogP contribution in [-0.2, 0) is 16.1 Å². The van der Waals surface area contributed by atoms with Crippen molar-refractivity contribution in [3.05, 3.63) is 40.7 Å². The van der Waals surface area contributed by atoms with Gasteiger partial charge < -0.3 is 14.8 Å². The van der Waals surface area contributed by atoms with Gasteiger partial charge in [-0.3, -0.25) is 19.2 Å². The highest BCUT2D eigenvalue weighted by Crippen LogP contribution is 2.40. The molecule has 33 heavy (non-hydrogen) atoms. The summed E-state index contributed by atoms with van der Waals surface area (Å²) >= 11 is 6.26. The van der Waals surface area contributed by atoms with Crippen LogP contribution in [0.4, 0.5) is 5.69 Å². The van der Waals surface area contributed by atoms with Gasteiger partial charge in [0.1, 0.15) is 17.0 Å². The number of nitrogens with one attached hydrogen (secondary N) is 1. The van der Waals surface area contributed by atoms with Crippen molar-refractivity contribution in [1.29, 1.82) is 0 Å². The van der Waals surface area contributed by atoms with Crippen LogP contribution >= 0.6 is 11.6 Å². The zero-order valence-corrected chi connectivity index (χ0v) is 19.6. The third-order valence-electron chi connectivity index (χ3n) is 6.20. The van der Waals surface area contributed by atoms with E-state index in [0.29, 0.717) is 16.5 Å². The number of esters is 1. The van der Waals surface area contributed by atoms with Crippen molar-refractivity contribution in [2.45, 2.75) is 57.7 Å². The molecule has 9 nitrogen and oxygen atoms in total. The molecule has 1 N–H and O–H groups in total.